The predicted molar refractivity (Wildman–Crippen MR) is 105 cm³/mol. The van der Waals surface area contributed by atoms with E-state index in [9.17, 15) is 9.18 Å². The van der Waals surface area contributed by atoms with Crippen LogP contribution < -0.4 is 16.0 Å². The van der Waals surface area contributed by atoms with Crippen LogP contribution in [0.1, 0.15) is 35.4 Å². The summed E-state index contributed by atoms with van der Waals surface area (Å²) in [5.41, 5.74) is 7.84. The van der Waals surface area contributed by atoms with Crippen molar-refractivity contribution in [3.05, 3.63) is 59.0 Å². The van der Waals surface area contributed by atoms with E-state index in [1.165, 1.54) is 23.4 Å². The number of nitrogens with one attached hydrogen (secondary N) is 2. The molecule has 1 amide bonds. The lowest BCUT2D eigenvalue weighted by Gasteiger charge is -2.33. The summed E-state index contributed by atoms with van der Waals surface area (Å²) in [6, 6.07) is 10.0. The number of halogens is 1. The molecule has 1 aromatic heterocycles. The topological polar surface area (TPSA) is 104 Å². The van der Waals surface area contributed by atoms with Crippen LogP contribution in [-0.4, -0.2) is 30.1 Å². The third kappa shape index (κ3) is 4.76. The average Bonchev–Trinajstić information content (AvgIpc) is 2.67. The summed E-state index contributed by atoms with van der Waals surface area (Å²) in [6.07, 6.45) is 2.45. The number of piperidine rings is 1. The SMILES string of the molecule is Cc1ccc(C2CCN(c3nccc(COC(=O)NC(=N)N)c3F)CC2)cc1. The molecule has 0 radical (unpaired) electrons. The first-order chi connectivity index (χ1) is 13.4. The first-order valence-corrected chi connectivity index (χ1v) is 9.16. The maximum Gasteiger partial charge on any atom is 0.414 e. The smallest absolute Gasteiger partial charge is 0.414 e. The zero-order chi connectivity index (χ0) is 20.1. The van der Waals surface area contributed by atoms with E-state index in [2.05, 4.69) is 36.2 Å². The molecule has 7 nitrogen and oxygen atoms in total. The lowest BCUT2D eigenvalue weighted by molar-refractivity contribution is 0.143. The van der Waals surface area contributed by atoms with Gasteiger partial charge in [0.05, 0.1) is 0 Å². The van der Waals surface area contributed by atoms with Gasteiger partial charge in [0, 0.05) is 24.8 Å². The summed E-state index contributed by atoms with van der Waals surface area (Å²) in [5.74, 6) is -0.290. The zero-order valence-electron chi connectivity index (χ0n) is 15.7. The molecule has 2 heterocycles. The molecular weight excluding hydrogens is 361 g/mol. The highest BCUT2D eigenvalue weighted by atomic mass is 19.1. The van der Waals surface area contributed by atoms with Crippen LogP contribution in [0.25, 0.3) is 0 Å². The van der Waals surface area contributed by atoms with Crippen molar-refractivity contribution in [2.24, 2.45) is 5.73 Å². The maximum absolute atomic E-state index is 14.9. The summed E-state index contributed by atoms with van der Waals surface area (Å²) < 4.78 is 19.7. The average molecular weight is 385 g/mol. The molecule has 0 spiro atoms. The summed E-state index contributed by atoms with van der Waals surface area (Å²) in [4.78, 5) is 17.5. The van der Waals surface area contributed by atoms with E-state index in [-0.39, 0.29) is 18.0 Å². The van der Waals surface area contributed by atoms with Crippen molar-refractivity contribution in [2.75, 3.05) is 18.0 Å². The standard InChI is InChI=1S/C20H24FN5O2/c1-13-2-4-14(5-3-13)15-7-10-26(11-8-15)18-17(21)16(6-9-24-18)12-28-20(27)25-19(22)23/h2-6,9,15H,7-8,10-12H2,1H3,(H4,22,23,25,27). The first kappa shape index (κ1) is 19.6. The fourth-order valence-electron chi connectivity index (χ4n) is 3.36. The molecule has 3 rings (SSSR count). The number of aryl methyl sites for hydroxylation is 1. The number of carbonyl (C=O) groups excluding carboxylic acids is 1. The van der Waals surface area contributed by atoms with E-state index in [4.69, 9.17) is 15.9 Å². The van der Waals surface area contributed by atoms with Gasteiger partial charge in [0.15, 0.2) is 17.6 Å². The number of carbonyl (C=O) groups is 1. The summed E-state index contributed by atoms with van der Waals surface area (Å²) >= 11 is 0. The molecule has 0 unspecified atom stereocenters. The van der Waals surface area contributed by atoms with Crippen molar-refractivity contribution >= 4 is 17.9 Å². The van der Waals surface area contributed by atoms with Gasteiger partial charge in [0.2, 0.25) is 0 Å². The molecule has 1 aliphatic rings. The second-order valence-electron chi connectivity index (χ2n) is 6.89. The Hall–Kier alpha value is -3.16. The Morgan fingerprint density at radius 1 is 1.32 bits per heavy atom. The lowest BCUT2D eigenvalue weighted by Crippen LogP contribution is -2.36. The van der Waals surface area contributed by atoms with Gasteiger partial charge >= 0.3 is 6.09 Å². The minimum absolute atomic E-state index is 0.226. The summed E-state index contributed by atoms with van der Waals surface area (Å²) in [5, 5.41) is 8.97. The van der Waals surface area contributed by atoms with Crippen molar-refractivity contribution in [3.63, 3.8) is 0 Å². The Bertz CT molecular complexity index is 848. The Morgan fingerprint density at radius 3 is 2.64 bits per heavy atom. The van der Waals surface area contributed by atoms with Crippen molar-refractivity contribution in [3.8, 4) is 0 Å². The molecule has 0 bridgehead atoms. The number of nitrogens with zero attached hydrogens (tertiary/aromatic N) is 2. The molecule has 1 saturated heterocycles. The minimum atomic E-state index is -0.899. The number of guanidine groups is 1. The number of alkyl carbamates (subject to hydrolysis) is 1. The van der Waals surface area contributed by atoms with Gasteiger partial charge in [0.1, 0.15) is 6.61 Å². The monoisotopic (exact) mass is 385 g/mol. The van der Waals surface area contributed by atoms with Crippen LogP contribution in [0, 0.1) is 18.2 Å². The van der Waals surface area contributed by atoms with E-state index in [1.807, 2.05) is 10.2 Å². The normalized spacial score (nSPS) is 14.6. The van der Waals surface area contributed by atoms with Gasteiger partial charge < -0.3 is 15.4 Å². The number of nitrogens with two attached hydrogens (primary N) is 1. The van der Waals surface area contributed by atoms with Gasteiger partial charge in [-0.25, -0.2) is 14.2 Å². The summed E-state index contributed by atoms with van der Waals surface area (Å²) in [7, 11) is 0. The quantitative estimate of drug-likeness (QED) is 0.554. The van der Waals surface area contributed by atoms with Gasteiger partial charge in [0.25, 0.3) is 0 Å². The van der Waals surface area contributed by atoms with Gasteiger partial charge in [-0.1, -0.05) is 29.8 Å². The van der Waals surface area contributed by atoms with Gasteiger partial charge in [-0.05, 0) is 37.3 Å². The molecule has 1 fully saturated rings. The number of hydrogen-bond donors (Lipinski definition) is 3. The minimum Gasteiger partial charge on any atom is -0.444 e. The number of rotatable bonds is 4. The highest BCUT2D eigenvalue weighted by Crippen LogP contribution is 2.31. The van der Waals surface area contributed by atoms with Crippen LogP contribution in [0.3, 0.4) is 0 Å². The van der Waals surface area contributed by atoms with Crippen molar-refractivity contribution < 1.29 is 13.9 Å². The van der Waals surface area contributed by atoms with Crippen molar-refractivity contribution in [1.82, 2.24) is 10.3 Å². The van der Waals surface area contributed by atoms with Crippen LogP contribution in [0.2, 0.25) is 0 Å². The summed E-state index contributed by atoms with van der Waals surface area (Å²) in [6.45, 7) is 3.22. The van der Waals surface area contributed by atoms with Gasteiger partial charge in [-0.15, -0.1) is 0 Å². The fraction of sp³-hybridized carbons (Fsp3) is 0.350. The zero-order valence-corrected chi connectivity index (χ0v) is 15.7. The van der Waals surface area contributed by atoms with E-state index in [0.717, 1.165) is 12.8 Å². The Labute approximate surface area is 163 Å². The molecule has 1 aliphatic heterocycles. The largest absolute Gasteiger partial charge is 0.444 e. The van der Waals surface area contributed by atoms with Gasteiger partial charge in [-0.3, -0.25) is 10.7 Å². The number of hydrogen-bond acceptors (Lipinski definition) is 5. The van der Waals surface area contributed by atoms with Gasteiger partial charge in [-0.2, -0.15) is 0 Å². The number of anilines is 1. The number of aromatic nitrogens is 1. The molecule has 0 saturated carbocycles. The molecule has 0 aliphatic carbocycles. The third-order valence-electron chi connectivity index (χ3n) is 4.89. The Balaban J connectivity index is 1.62. The Kier molecular flexibility index (Phi) is 6.08. The number of benzene rings is 1. The highest BCUT2D eigenvalue weighted by Gasteiger charge is 2.24. The van der Waals surface area contributed by atoms with Crippen LogP contribution in [0.4, 0.5) is 15.0 Å². The van der Waals surface area contributed by atoms with Crippen LogP contribution in [-0.2, 0) is 11.3 Å². The lowest BCUT2D eigenvalue weighted by atomic mass is 9.89. The van der Waals surface area contributed by atoms with E-state index < -0.39 is 17.9 Å². The molecule has 4 N–H and O–H groups in total. The molecular formula is C20H24FN5O2. The fourth-order valence-corrected chi connectivity index (χ4v) is 3.36. The maximum atomic E-state index is 14.9. The van der Waals surface area contributed by atoms with Crippen LogP contribution >= 0.6 is 0 Å². The molecule has 2 aromatic rings. The third-order valence-corrected chi connectivity index (χ3v) is 4.89. The van der Waals surface area contributed by atoms with E-state index >= 15 is 0 Å². The predicted octanol–water partition coefficient (Wildman–Crippen LogP) is 3.03. The van der Waals surface area contributed by atoms with Crippen LogP contribution in [0.15, 0.2) is 36.5 Å². The van der Waals surface area contributed by atoms with E-state index in [0.29, 0.717) is 19.0 Å². The molecule has 1 aromatic carbocycles. The van der Waals surface area contributed by atoms with Crippen molar-refractivity contribution in [2.45, 2.75) is 32.3 Å². The second kappa shape index (κ2) is 8.69. The number of amides is 1. The molecule has 28 heavy (non-hydrogen) atoms. The second-order valence-corrected chi connectivity index (χ2v) is 6.89. The van der Waals surface area contributed by atoms with Crippen LogP contribution in [0.5, 0.6) is 0 Å². The first-order valence-electron chi connectivity index (χ1n) is 9.16. The highest BCUT2D eigenvalue weighted by molar-refractivity contribution is 5.90. The van der Waals surface area contributed by atoms with Crippen molar-refractivity contribution in [1.29, 1.82) is 5.41 Å². The van der Waals surface area contributed by atoms with E-state index in [1.54, 1.807) is 0 Å². The number of pyridine rings is 1. The Morgan fingerprint density at radius 2 is 2.00 bits per heavy atom. The molecule has 8 heteroatoms. The molecule has 0 atom stereocenters. The number of ether oxygens (including phenoxy) is 1. The molecule has 148 valence electrons.